The van der Waals surface area contributed by atoms with Crippen LogP contribution < -0.4 is 5.32 Å². The van der Waals surface area contributed by atoms with Crippen LogP contribution >= 0.6 is 31.9 Å². The smallest absolute Gasteiger partial charge is 0.272 e. The maximum atomic E-state index is 13.7. The molecule has 2 aromatic rings. The first-order chi connectivity index (χ1) is 9.79. The number of nitrogens with zero attached hydrogens (tertiary/aromatic N) is 1. The molecule has 21 heavy (non-hydrogen) atoms. The van der Waals surface area contributed by atoms with Crippen LogP contribution in [-0.4, -0.2) is 10.5 Å². The lowest BCUT2D eigenvalue weighted by Gasteiger charge is -2.13. The zero-order chi connectivity index (χ0) is 15.7. The second kappa shape index (κ2) is 6.27. The Morgan fingerprint density at radius 3 is 2.48 bits per heavy atom. The van der Waals surface area contributed by atoms with Gasteiger partial charge in [0.25, 0.3) is 5.91 Å². The predicted octanol–water partition coefficient (Wildman–Crippen LogP) is 5.12. The van der Waals surface area contributed by atoms with Crippen molar-refractivity contribution in [2.75, 3.05) is 5.32 Å². The lowest BCUT2D eigenvalue weighted by atomic mass is 10.2. The molecule has 0 atom stereocenters. The first-order valence-corrected chi connectivity index (χ1v) is 7.71. The van der Waals surface area contributed by atoms with E-state index in [0.717, 1.165) is 16.6 Å². The van der Waals surface area contributed by atoms with E-state index in [2.05, 4.69) is 37.2 Å². The third-order valence-corrected chi connectivity index (χ3v) is 3.90. The first kappa shape index (κ1) is 16.2. The fourth-order valence-electron chi connectivity index (χ4n) is 1.86. The van der Waals surface area contributed by atoms with Gasteiger partial charge in [-0.3, -0.25) is 4.79 Å². The van der Waals surface area contributed by atoms with E-state index < -0.39 is 17.5 Å². The Balaban J connectivity index is 2.33. The van der Waals surface area contributed by atoms with Gasteiger partial charge in [-0.25, -0.2) is 8.78 Å². The molecule has 0 unspecified atom stereocenters. The highest BCUT2D eigenvalue weighted by atomic mass is 79.9. The summed E-state index contributed by atoms with van der Waals surface area (Å²) < 4.78 is 29.7. The van der Waals surface area contributed by atoms with E-state index in [4.69, 9.17) is 0 Å². The van der Waals surface area contributed by atoms with Crippen LogP contribution in [-0.2, 0) is 0 Å². The normalized spacial score (nSPS) is 11.0. The first-order valence-electron chi connectivity index (χ1n) is 6.13. The van der Waals surface area contributed by atoms with Gasteiger partial charge in [-0.05, 0) is 57.8 Å². The van der Waals surface area contributed by atoms with Crippen molar-refractivity contribution >= 4 is 43.5 Å². The van der Waals surface area contributed by atoms with Gasteiger partial charge >= 0.3 is 0 Å². The molecule has 112 valence electrons. The zero-order valence-corrected chi connectivity index (χ0v) is 14.4. The van der Waals surface area contributed by atoms with Crippen molar-refractivity contribution in [3.05, 3.63) is 50.7 Å². The minimum atomic E-state index is -0.710. The highest BCUT2D eigenvalue weighted by Gasteiger charge is 2.17. The van der Waals surface area contributed by atoms with E-state index in [9.17, 15) is 13.6 Å². The van der Waals surface area contributed by atoms with E-state index >= 15 is 0 Å². The largest absolute Gasteiger partial charge is 0.340 e. The number of rotatable bonds is 3. The summed E-state index contributed by atoms with van der Waals surface area (Å²) in [6.45, 7) is 3.84. The number of carbonyl (C=O) groups excluding carboxylic acids is 1. The Kier molecular flexibility index (Phi) is 4.83. The minimum Gasteiger partial charge on any atom is -0.340 e. The van der Waals surface area contributed by atoms with Gasteiger partial charge in [0.2, 0.25) is 0 Å². The molecule has 2 rings (SSSR count). The summed E-state index contributed by atoms with van der Waals surface area (Å²) in [6, 6.07) is 3.60. The second-order valence-corrected chi connectivity index (χ2v) is 6.51. The molecule has 0 saturated carbocycles. The number of hydrogen-bond acceptors (Lipinski definition) is 1. The lowest BCUT2D eigenvalue weighted by Crippen LogP contribution is -2.18. The summed E-state index contributed by atoms with van der Waals surface area (Å²) in [7, 11) is 0. The summed E-state index contributed by atoms with van der Waals surface area (Å²) in [6.07, 6.45) is 1.76. The molecule has 0 spiro atoms. The number of benzene rings is 1. The third-order valence-electron chi connectivity index (χ3n) is 2.86. The average Bonchev–Trinajstić information content (AvgIpc) is 2.78. The molecule has 0 saturated heterocycles. The van der Waals surface area contributed by atoms with Crippen LogP contribution in [0.1, 0.15) is 30.4 Å². The van der Waals surface area contributed by atoms with Crippen LogP contribution in [0.15, 0.2) is 33.3 Å². The van der Waals surface area contributed by atoms with Crippen molar-refractivity contribution in [1.82, 2.24) is 4.57 Å². The Hall–Kier alpha value is -1.21. The average molecular weight is 422 g/mol. The Labute approximate surface area is 137 Å². The summed E-state index contributed by atoms with van der Waals surface area (Å²) in [5.41, 5.74) is 0.160. The third kappa shape index (κ3) is 3.52. The standard InChI is InChI=1S/C14H12Br2F2N2O/c1-7(2)20-6-8(15)3-13(20)14(21)19-12-5-10(17)9(16)4-11(12)18/h3-7H,1-2H3,(H,19,21). The summed E-state index contributed by atoms with van der Waals surface area (Å²) in [5.74, 6) is -1.86. The number of anilines is 1. The number of amides is 1. The summed E-state index contributed by atoms with van der Waals surface area (Å²) in [5, 5.41) is 2.39. The second-order valence-electron chi connectivity index (χ2n) is 4.74. The molecule has 0 aliphatic carbocycles. The molecule has 1 aromatic heterocycles. The van der Waals surface area contributed by atoms with Gasteiger partial charge in [-0.1, -0.05) is 0 Å². The monoisotopic (exact) mass is 420 g/mol. The highest BCUT2D eigenvalue weighted by Crippen LogP contribution is 2.25. The summed E-state index contributed by atoms with van der Waals surface area (Å²) in [4.78, 5) is 12.2. The maximum absolute atomic E-state index is 13.7. The van der Waals surface area contributed by atoms with Gasteiger partial charge in [0.15, 0.2) is 0 Å². The van der Waals surface area contributed by atoms with Crippen molar-refractivity contribution in [2.45, 2.75) is 19.9 Å². The van der Waals surface area contributed by atoms with Gasteiger partial charge in [0.1, 0.15) is 17.3 Å². The van der Waals surface area contributed by atoms with Crippen LogP contribution in [0.5, 0.6) is 0 Å². The molecule has 1 amide bonds. The lowest BCUT2D eigenvalue weighted by molar-refractivity contribution is 0.101. The van der Waals surface area contributed by atoms with Gasteiger partial charge in [0, 0.05) is 22.8 Å². The topological polar surface area (TPSA) is 34.0 Å². The van der Waals surface area contributed by atoms with E-state index in [1.807, 2.05) is 13.8 Å². The quantitative estimate of drug-likeness (QED) is 0.685. The molecule has 3 nitrogen and oxygen atoms in total. The number of aromatic nitrogens is 1. The number of nitrogens with one attached hydrogen (secondary N) is 1. The molecule has 7 heteroatoms. The summed E-state index contributed by atoms with van der Waals surface area (Å²) >= 11 is 6.19. The molecular weight excluding hydrogens is 410 g/mol. The van der Waals surface area contributed by atoms with Crippen molar-refractivity contribution in [3.8, 4) is 0 Å². The van der Waals surface area contributed by atoms with E-state index in [1.54, 1.807) is 16.8 Å². The van der Waals surface area contributed by atoms with Crippen molar-refractivity contribution < 1.29 is 13.6 Å². The van der Waals surface area contributed by atoms with Gasteiger partial charge < -0.3 is 9.88 Å². The van der Waals surface area contributed by atoms with Crippen molar-refractivity contribution in [1.29, 1.82) is 0 Å². The SMILES string of the molecule is CC(C)n1cc(Br)cc1C(=O)Nc1cc(F)c(Br)cc1F. The molecule has 0 radical (unpaired) electrons. The fraction of sp³-hybridized carbons (Fsp3) is 0.214. The molecule has 1 N–H and O–H groups in total. The van der Waals surface area contributed by atoms with E-state index in [-0.39, 0.29) is 16.2 Å². The van der Waals surface area contributed by atoms with Gasteiger partial charge in [-0.2, -0.15) is 0 Å². The Bertz CT molecular complexity index is 699. The fourth-order valence-corrected chi connectivity index (χ4v) is 2.61. The van der Waals surface area contributed by atoms with Crippen LogP contribution in [0.3, 0.4) is 0 Å². The Morgan fingerprint density at radius 2 is 1.86 bits per heavy atom. The van der Waals surface area contributed by atoms with Crippen LogP contribution in [0.25, 0.3) is 0 Å². The molecule has 0 aliphatic heterocycles. The zero-order valence-electron chi connectivity index (χ0n) is 11.3. The van der Waals surface area contributed by atoms with Gasteiger partial charge in [0.05, 0.1) is 10.2 Å². The molecule has 0 aliphatic rings. The predicted molar refractivity (Wildman–Crippen MR) is 84.5 cm³/mol. The molecule has 1 heterocycles. The van der Waals surface area contributed by atoms with E-state index in [1.165, 1.54) is 0 Å². The number of hydrogen-bond donors (Lipinski definition) is 1. The molecule has 0 fully saturated rings. The van der Waals surface area contributed by atoms with Crippen LogP contribution in [0.4, 0.5) is 14.5 Å². The van der Waals surface area contributed by atoms with Gasteiger partial charge in [-0.15, -0.1) is 0 Å². The number of halogens is 4. The maximum Gasteiger partial charge on any atom is 0.272 e. The van der Waals surface area contributed by atoms with Crippen molar-refractivity contribution in [3.63, 3.8) is 0 Å². The molecule has 0 bridgehead atoms. The minimum absolute atomic E-state index is 0.00583. The van der Waals surface area contributed by atoms with Crippen LogP contribution in [0, 0.1) is 11.6 Å². The van der Waals surface area contributed by atoms with Crippen molar-refractivity contribution in [2.24, 2.45) is 0 Å². The number of carbonyl (C=O) groups is 1. The molecular formula is C14H12Br2F2N2O. The van der Waals surface area contributed by atoms with Crippen LogP contribution in [0.2, 0.25) is 0 Å². The van der Waals surface area contributed by atoms with E-state index in [0.29, 0.717) is 5.69 Å². The highest BCUT2D eigenvalue weighted by molar-refractivity contribution is 9.10. The Morgan fingerprint density at radius 1 is 1.19 bits per heavy atom. The molecule has 1 aromatic carbocycles.